The number of hydrogen-bond donors (Lipinski definition) is 1. The molecule has 100 valence electrons. The Labute approximate surface area is 110 Å². The van der Waals surface area contributed by atoms with Gasteiger partial charge in [0.2, 0.25) is 5.91 Å². The summed E-state index contributed by atoms with van der Waals surface area (Å²) in [5, 5.41) is 3.17. The van der Waals surface area contributed by atoms with Crippen molar-refractivity contribution in [1.29, 1.82) is 0 Å². The lowest BCUT2D eigenvalue weighted by atomic mass is 10.2. The van der Waals surface area contributed by atoms with Crippen molar-refractivity contribution in [2.24, 2.45) is 0 Å². The van der Waals surface area contributed by atoms with E-state index in [1.807, 2.05) is 23.1 Å². The van der Waals surface area contributed by atoms with Crippen molar-refractivity contribution in [2.45, 2.75) is 33.2 Å². The highest BCUT2D eigenvalue weighted by molar-refractivity contribution is 5.78. The van der Waals surface area contributed by atoms with E-state index in [2.05, 4.69) is 31.3 Å². The number of rotatable bonds is 8. The molecular weight excluding hydrogens is 224 g/mol. The van der Waals surface area contributed by atoms with E-state index in [1.165, 1.54) is 5.56 Å². The first-order valence-electron chi connectivity index (χ1n) is 6.80. The molecule has 1 N–H and O–H groups in total. The van der Waals surface area contributed by atoms with Gasteiger partial charge >= 0.3 is 0 Å². The Morgan fingerprint density at radius 3 is 2.50 bits per heavy atom. The molecule has 0 spiro atoms. The van der Waals surface area contributed by atoms with Gasteiger partial charge in [-0.2, -0.15) is 0 Å². The standard InChI is InChI=1S/C15H24N2O/c1-3-10-16-12-15(18)17(11-4-2)13-14-8-6-5-7-9-14/h5-9,16H,3-4,10-13H2,1-2H3. The van der Waals surface area contributed by atoms with Gasteiger partial charge in [-0.1, -0.05) is 44.2 Å². The maximum atomic E-state index is 12.1. The topological polar surface area (TPSA) is 32.3 Å². The smallest absolute Gasteiger partial charge is 0.236 e. The third-order valence-corrected chi connectivity index (χ3v) is 2.77. The van der Waals surface area contributed by atoms with Gasteiger partial charge in [0.05, 0.1) is 6.54 Å². The lowest BCUT2D eigenvalue weighted by molar-refractivity contribution is -0.130. The highest BCUT2D eigenvalue weighted by Crippen LogP contribution is 2.05. The number of carbonyl (C=O) groups excluding carboxylic acids is 1. The Balaban J connectivity index is 2.50. The highest BCUT2D eigenvalue weighted by Gasteiger charge is 2.12. The SMILES string of the molecule is CCCNCC(=O)N(CCC)Cc1ccccc1. The van der Waals surface area contributed by atoms with Crippen molar-refractivity contribution in [3.8, 4) is 0 Å². The zero-order valence-corrected chi connectivity index (χ0v) is 11.5. The third kappa shape index (κ3) is 5.32. The van der Waals surface area contributed by atoms with Gasteiger partial charge in [0.15, 0.2) is 0 Å². The van der Waals surface area contributed by atoms with Gasteiger partial charge in [-0.25, -0.2) is 0 Å². The minimum atomic E-state index is 0.189. The minimum absolute atomic E-state index is 0.189. The summed E-state index contributed by atoms with van der Waals surface area (Å²) in [6, 6.07) is 10.2. The van der Waals surface area contributed by atoms with Gasteiger partial charge in [-0.05, 0) is 24.9 Å². The van der Waals surface area contributed by atoms with Gasteiger partial charge < -0.3 is 10.2 Å². The Kier molecular flexibility index (Phi) is 7.11. The molecule has 3 heteroatoms. The maximum absolute atomic E-state index is 12.1. The molecule has 0 heterocycles. The van der Waals surface area contributed by atoms with Crippen molar-refractivity contribution in [1.82, 2.24) is 10.2 Å². The van der Waals surface area contributed by atoms with Gasteiger partial charge in [0.25, 0.3) is 0 Å². The number of benzene rings is 1. The lowest BCUT2D eigenvalue weighted by Gasteiger charge is -2.22. The predicted octanol–water partition coefficient (Wildman–Crippen LogP) is 2.42. The molecule has 0 aliphatic carbocycles. The Hall–Kier alpha value is -1.35. The van der Waals surface area contributed by atoms with E-state index in [0.29, 0.717) is 13.1 Å². The third-order valence-electron chi connectivity index (χ3n) is 2.77. The fraction of sp³-hybridized carbons (Fsp3) is 0.533. The van der Waals surface area contributed by atoms with Crippen LogP contribution in [0.4, 0.5) is 0 Å². The Bertz CT molecular complexity index is 338. The summed E-state index contributed by atoms with van der Waals surface area (Å²) in [6.45, 7) is 7.08. The van der Waals surface area contributed by atoms with E-state index in [9.17, 15) is 4.79 Å². The largest absolute Gasteiger partial charge is 0.337 e. The molecule has 3 nitrogen and oxygen atoms in total. The summed E-state index contributed by atoms with van der Waals surface area (Å²) in [7, 11) is 0. The lowest BCUT2D eigenvalue weighted by Crippen LogP contribution is -2.38. The van der Waals surface area contributed by atoms with Crippen LogP contribution in [0.3, 0.4) is 0 Å². The molecule has 1 amide bonds. The second-order valence-electron chi connectivity index (χ2n) is 4.48. The van der Waals surface area contributed by atoms with Crippen molar-refractivity contribution in [3.05, 3.63) is 35.9 Å². The first kappa shape index (κ1) is 14.7. The number of amides is 1. The highest BCUT2D eigenvalue weighted by atomic mass is 16.2. The number of nitrogens with one attached hydrogen (secondary N) is 1. The Morgan fingerprint density at radius 2 is 1.89 bits per heavy atom. The first-order chi connectivity index (χ1) is 8.77. The van der Waals surface area contributed by atoms with Gasteiger partial charge in [0, 0.05) is 13.1 Å². The monoisotopic (exact) mass is 248 g/mol. The van der Waals surface area contributed by atoms with Crippen LogP contribution in [0, 0.1) is 0 Å². The summed E-state index contributed by atoms with van der Waals surface area (Å²) in [5.41, 5.74) is 1.19. The van der Waals surface area contributed by atoms with Gasteiger partial charge in [-0.3, -0.25) is 4.79 Å². The number of hydrogen-bond acceptors (Lipinski definition) is 2. The predicted molar refractivity (Wildman–Crippen MR) is 75.3 cm³/mol. The molecule has 0 aromatic heterocycles. The first-order valence-corrected chi connectivity index (χ1v) is 6.80. The molecule has 0 unspecified atom stereocenters. The quantitative estimate of drug-likeness (QED) is 0.717. The summed E-state index contributed by atoms with van der Waals surface area (Å²) < 4.78 is 0. The average Bonchev–Trinajstić information content (AvgIpc) is 2.39. The molecule has 0 aliphatic heterocycles. The zero-order valence-electron chi connectivity index (χ0n) is 11.5. The van der Waals surface area contributed by atoms with E-state index in [1.54, 1.807) is 0 Å². The van der Waals surface area contributed by atoms with Gasteiger partial charge in [0.1, 0.15) is 0 Å². The second kappa shape index (κ2) is 8.70. The van der Waals surface area contributed by atoms with Crippen LogP contribution in [0.5, 0.6) is 0 Å². The van der Waals surface area contributed by atoms with Crippen LogP contribution < -0.4 is 5.32 Å². The van der Waals surface area contributed by atoms with Crippen LogP contribution in [0.2, 0.25) is 0 Å². The van der Waals surface area contributed by atoms with Crippen molar-refractivity contribution in [3.63, 3.8) is 0 Å². The molecule has 18 heavy (non-hydrogen) atoms. The summed E-state index contributed by atoms with van der Waals surface area (Å²) in [5.74, 6) is 0.189. The van der Waals surface area contributed by atoms with E-state index in [4.69, 9.17) is 0 Å². The fourth-order valence-corrected chi connectivity index (χ4v) is 1.85. The molecule has 1 aromatic carbocycles. The number of carbonyl (C=O) groups is 1. The van der Waals surface area contributed by atoms with Crippen molar-refractivity contribution in [2.75, 3.05) is 19.6 Å². The number of nitrogens with zero attached hydrogens (tertiary/aromatic N) is 1. The molecule has 0 aliphatic rings. The van der Waals surface area contributed by atoms with E-state index >= 15 is 0 Å². The van der Waals surface area contributed by atoms with Crippen LogP contribution in [0.25, 0.3) is 0 Å². The maximum Gasteiger partial charge on any atom is 0.236 e. The molecule has 0 bridgehead atoms. The van der Waals surface area contributed by atoms with E-state index in [0.717, 1.165) is 25.9 Å². The molecule has 0 atom stereocenters. The molecule has 0 fully saturated rings. The molecule has 1 rings (SSSR count). The van der Waals surface area contributed by atoms with Crippen molar-refractivity contribution >= 4 is 5.91 Å². The van der Waals surface area contributed by atoms with Gasteiger partial charge in [-0.15, -0.1) is 0 Å². The van der Waals surface area contributed by atoms with Crippen LogP contribution in [-0.4, -0.2) is 30.4 Å². The van der Waals surface area contributed by atoms with Crippen LogP contribution >= 0.6 is 0 Å². The second-order valence-corrected chi connectivity index (χ2v) is 4.48. The molecule has 0 saturated carbocycles. The molecular formula is C15H24N2O. The average molecular weight is 248 g/mol. The van der Waals surface area contributed by atoms with Crippen molar-refractivity contribution < 1.29 is 4.79 Å². The molecule has 0 saturated heterocycles. The minimum Gasteiger partial charge on any atom is -0.337 e. The van der Waals surface area contributed by atoms with E-state index in [-0.39, 0.29) is 5.91 Å². The van der Waals surface area contributed by atoms with E-state index < -0.39 is 0 Å². The van der Waals surface area contributed by atoms with Crippen LogP contribution in [0.15, 0.2) is 30.3 Å². The summed E-state index contributed by atoms with van der Waals surface area (Å²) >= 11 is 0. The Morgan fingerprint density at radius 1 is 1.17 bits per heavy atom. The molecule has 1 aromatic rings. The fourth-order valence-electron chi connectivity index (χ4n) is 1.85. The summed E-state index contributed by atoms with van der Waals surface area (Å²) in [6.07, 6.45) is 2.05. The summed E-state index contributed by atoms with van der Waals surface area (Å²) in [4.78, 5) is 14.0. The normalized spacial score (nSPS) is 10.3. The zero-order chi connectivity index (χ0) is 13.2. The molecule has 0 radical (unpaired) electrons. The van der Waals surface area contributed by atoms with Crippen LogP contribution in [0.1, 0.15) is 32.3 Å². The van der Waals surface area contributed by atoms with Crippen LogP contribution in [-0.2, 0) is 11.3 Å².